The molecule has 0 bridgehead atoms. The fourth-order valence-corrected chi connectivity index (χ4v) is 2.45. The number of nitrogens with one attached hydrogen (secondary N) is 1. The monoisotopic (exact) mass is 263 g/mol. The molecule has 0 spiro atoms. The molecule has 1 fully saturated rings. The average Bonchev–Trinajstić information content (AvgIpc) is 3.05. The number of rotatable bonds is 4. The minimum Gasteiger partial charge on any atom is -0.461 e. The van der Waals surface area contributed by atoms with Gasteiger partial charge in [0.1, 0.15) is 11.3 Å². The molecule has 3 heteroatoms. The minimum absolute atomic E-state index is 0.372. The van der Waals surface area contributed by atoms with E-state index in [0.717, 1.165) is 27.8 Å². The lowest BCUT2D eigenvalue weighted by molar-refractivity contribution is 0.414. The Morgan fingerprint density at radius 1 is 1.28 bits per heavy atom. The van der Waals surface area contributed by atoms with Gasteiger partial charge in [-0.1, -0.05) is 18.5 Å². The van der Waals surface area contributed by atoms with Crippen LogP contribution >= 0.6 is 11.6 Å². The molecular weight excluding hydrogens is 246 g/mol. The van der Waals surface area contributed by atoms with Gasteiger partial charge in [0.25, 0.3) is 0 Å². The van der Waals surface area contributed by atoms with Crippen LogP contribution in [0, 0.1) is 0 Å². The summed E-state index contributed by atoms with van der Waals surface area (Å²) in [6, 6.07) is 9.03. The molecule has 1 aromatic carbocycles. The maximum Gasteiger partial charge on any atom is 0.134 e. The van der Waals surface area contributed by atoms with Crippen molar-refractivity contribution in [3.8, 4) is 0 Å². The van der Waals surface area contributed by atoms with Crippen LogP contribution in [0.15, 0.2) is 28.7 Å². The van der Waals surface area contributed by atoms with Crippen molar-refractivity contribution in [1.82, 2.24) is 5.32 Å². The molecule has 0 aliphatic heterocycles. The second-order valence-corrected chi connectivity index (χ2v) is 5.79. The molecule has 2 nitrogen and oxygen atoms in total. The molecule has 2 aromatic rings. The van der Waals surface area contributed by atoms with E-state index in [1.54, 1.807) is 0 Å². The van der Waals surface area contributed by atoms with E-state index in [1.807, 2.05) is 18.2 Å². The topological polar surface area (TPSA) is 25.2 Å². The van der Waals surface area contributed by atoms with Gasteiger partial charge in [-0.25, -0.2) is 0 Å². The first-order chi connectivity index (χ1) is 8.63. The van der Waals surface area contributed by atoms with Crippen LogP contribution in [0.3, 0.4) is 0 Å². The first-order valence-corrected chi connectivity index (χ1v) is 6.96. The molecule has 0 radical (unpaired) electrons. The predicted octanol–water partition coefficient (Wildman–Crippen LogP) is 4.33. The maximum absolute atomic E-state index is 5.99. The molecule has 1 aromatic heterocycles. The van der Waals surface area contributed by atoms with E-state index in [1.165, 1.54) is 12.8 Å². The van der Waals surface area contributed by atoms with Crippen molar-refractivity contribution >= 4 is 22.6 Å². The Kier molecular flexibility index (Phi) is 3.08. The van der Waals surface area contributed by atoms with Crippen molar-refractivity contribution in [3.05, 3.63) is 35.0 Å². The number of furan rings is 1. The van der Waals surface area contributed by atoms with Crippen LogP contribution in [0.1, 0.15) is 38.4 Å². The van der Waals surface area contributed by atoms with Gasteiger partial charge in [-0.05, 0) is 44.0 Å². The second kappa shape index (κ2) is 4.60. The highest BCUT2D eigenvalue weighted by Crippen LogP contribution is 2.30. The molecule has 96 valence electrons. The normalized spacial score (nSPS) is 19.1. The third kappa shape index (κ3) is 2.40. The number of halogens is 1. The van der Waals surface area contributed by atoms with Gasteiger partial charge >= 0.3 is 0 Å². The van der Waals surface area contributed by atoms with Gasteiger partial charge in [-0.3, -0.25) is 0 Å². The van der Waals surface area contributed by atoms with Crippen LogP contribution in [0.25, 0.3) is 11.0 Å². The molecule has 2 unspecified atom stereocenters. The van der Waals surface area contributed by atoms with Crippen LogP contribution in [0.4, 0.5) is 0 Å². The Bertz CT molecular complexity index is 559. The van der Waals surface area contributed by atoms with Gasteiger partial charge in [-0.2, -0.15) is 0 Å². The van der Waals surface area contributed by atoms with Gasteiger partial charge in [0, 0.05) is 28.4 Å². The van der Waals surface area contributed by atoms with Crippen LogP contribution in [0.5, 0.6) is 0 Å². The van der Waals surface area contributed by atoms with Gasteiger partial charge in [0.05, 0.1) is 0 Å². The van der Waals surface area contributed by atoms with Crippen molar-refractivity contribution in [2.24, 2.45) is 0 Å². The van der Waals surface area contributed by atoms with E-state index in [0.29, 0.717) is 12.0 Å². The van der Waals surface area contributed by atoms with Crippen LogP contribution in [0.2, 0.25) is 5.02 Å². The lowest BCUT2D eigenvalue weighted by Crippen LogP contribution is -2.32. The van der Waals surface area contributed by atoms with E-state index in [-0.39, 0.29) is 0 Å². The highest BCUT2D eigenvalue weighted by molar-refractivity contribution is 6.31. The first kappa shape index (κ1) is 12.1. The number of hydrogen-bond acceptors (Lipinski definition) is 2. The standard InChI is InChI=1S/C15H18ClNO/c1-9(10(2)17-13-4-5-13)15-8-11-7-12(16)3-6-14(11)18-15/h3,6-10,13,17H,4-5H2,1-2H3. The van der Waals surface area contributed by atoms with Crippen molar-refractivity contribution in [2.45, 2.75) is 44.7 Å². The number of benzene rings is 1. The fraction of sp³-hybridized carbons (Fsp3) is 0.467. The van der Waals surface area contributed by atoms with Gasteiger partial charge in [-0.15, -0.1) is 0 Å². The third-order valence-corrected chi connectivity index (χ3v) is 4.01. The summed E-state index contributed by atoms with van der Waals surface area (Å²) in [4.78, 5) is 0. The van der Waals surface area contributed by atoms with Crippen LogP contribution in [-0.4, -0.2) is 12.1 Å². The molecule has 18 heavy (non-hydrogen) atoms. The Hall–Kier alpha value is -0.990. The zero-order chi connectivity index (χ0) is 12.7. The zero-order valence-corrected chi connectivity index (χ0v) is 11.5. The SMILES string of the molecule is CC(NC1CC1)C(C)c1cc2cc(Cl)ccc2o1. The van der Waals surface area contributed by atoms with E-state index in [4.69, 9.17) is 16.0 Å². The van der Waals surface area contributed by atoms with Crippen molar-refractivity contribution in [1.29, 1.82) is 0 Å². The van der Waals surface area contributed by atoms with E-state index in [9.17, 15) is 0 Å². The summed E-state index contributed by atoms with van der Waals surface area (Å²) >= 11 is 5.99. The lowest BCUT2D eigenvalue weighted by atomic mass is 10.0. The molecule has 1 N–H and O–H groups in total. The Morgan fingerprint density at radius 3 is 2.78 bits per heavy atom. The van der Waals surface area contributed by atoms with Crippen molar-refractivity contribution in [3.63, 3.8) is 0 Å². The molecule has 1 heterocycles. The number of hydrogen-bond donors (Lipinski definition) is 1. The van der Waals surface area contributed by atoms with Gasteiger partial charge in [0.2, 0.25) is 0 Å². The summed E-state index contributed by atoms with van der Waals surface area (Å²) in [5, 5.41) is 5.46. The third-order valence-electron chi connectivity index (χ3n) is 3.77. The van der Waals surface area contributed by atoms with E-state index < -0.39 is 0 Å². The predicted molar refractivity (Wildman–Crippen MR) is 75.3 cm³/mol. The molecule has 0 saturated heterocycles. The quantitative estimate of drug-likeness (QED) is 0.888. The van der Waals surface area contributed by atoms with Gasteiger partial charge < -0.3 is 9.73 Å². The highest BCUT2D eigenvalue weighted by atomic mass is 35.5. The Morgan fingerprint density at radius 2 is 2.06 bits per heavy atom. The minimum atomic E-state index is 0.372. The molecule has 3 rings (SSSR count). The van der Waals surface area contributed by atoms with E-state index >= 15 is 0 Å². The van der Waals surface area contributed by atoms with Crippen molar-refractivity contribution < 1.29 is 4.42 Å². The summed E-state index contributed by atoms with van der Waals surface area (Å²) in [6.45, 7) is 4.43. The molecule has 1 saturated carbocycles. The highest BCUT2D eigenvalue weighted by Gasteiger charge is 2.26. The summed E-state index contributed by atoms with van der Waals surface area (Å²) < 4.78 is 5.91. The zero-order valence-electron chi connectivity index (χ0n) is 10.7. The van der Waals surface area contributed by atoms with Crippen molar-refractivity contribution in [2.75, 3.05) is 0 Å². The van der Waals surface area contributed by atoms with Crippen LogP contribution < -0.4 is 5.32 Å². The van der Waals surface area contributed by atoms with E-state index in [2.05, 4.69) is 25.2 Å². The number of fused-ring (bicyclic) bond motifs is 1. The molecule has 2 atom stereocenters. The summed E-state index contributed by atoms with van der Waals surface area (Å²) in [5.41, 5.74) is 0.917. The Balaban J connectivity index is 1.83. The molecule has 1 aliphatic rings. The molecule has 1 aliphatic carbocycles. The molecular formula is C15H18ClNO. The summed E-state index contributed by atoms with van der Waals surface area (Å²) in [7, 11) is 0. The lowest BCUT2D eigenvalue weighted by Gasteiger charge is -2.19. The smallest absolute Gasteiger partial charge is 0.134 e. The van der Waals surface area contributed by atoms with Crippen LogP contribution in [-0.2, 0) is 0 Å². The fourth-order valence-electron chi connectivity index (χ4n) is 2.27. The summed E-state index contributed by atoms with van der Waals surface area (Å²) in [5.74, 6) is 1.41. The first-order valence-electron chi connectivity index (χ1n) is 6.58. The molecule has 0 amide bonds. The van der Waals surface area contributed by atoms with Gasteiger partial charge in [0.15, 0.2) is 0 Å². The maximum atomic E-state index is 5.99. The average molecular weight is 264 g/mol. The largest absolute Gasteiger partial charge is 0.461 e. The second-order valence-electron chi connectivity index (χ2n) is 5.35. The Labute approximate surface area is 112 Å². The summed E-state index contributed by atoms with van der Waals surface area (Å²) in [6.07, 6.45) is 2.62.